The number of ether oxygens (including phenoxy) is 1. The molecule has 1 aromatic rings. The second kappa shape index (κ2) is 9.09. The molecule has 0 bridgehead atoms. The highest BCUT2D eigenvalue weighted by atomic mass is 16.5. The summed E-state index contributed by atoms with van der Waals surface area (Å²) in [5, 5.41) is 7.34. The number of esters is 1. The van der Waals surface area contributed by atoms with Gasteiger partial charge in [-0.15, -0.1) is 0 Å². The van der Waals surface area contributed by atoms with Gasteiger partial charge >= 0.3 is 12.0 Å². The van der Waals surface area contributed by atoms with E-state index < -0.39 is 5.97 Å². The van der Waals surface area contributed by atoms with Gasteiger partial charge in [-0.2, -0.15) is 0 Å². The summed E-state index contributed by atoms with van der Waals surface area (Å²) >= 11 is 0. The van der Waals surface area contributed by atoms with E-state index in [1.807, 2.05) is 43.3 Å². The third-order valence-corrected chi connectivity index (χ3v) is 4.16. The molecule has 128 valence electrons. The fourth-order valence-corrected chi connectivity index (χ4v) is 2.71. The molecule has 2 rings (SSSR count). The van der Waals surface area contributed by atoms with Gasteiger partial charge < -0.3 is 9.64 Å². The number of carbonyl (C=O) groups is 1. The Morgan fingerprint density at radius 3 is 2.50 bits per heavy atom. The summed E-state index contributed by atoms with van der Waals surface area (Å²) in [5.74, 6) is -0.487. The Labute approximate surface area is 144 Å². The lowest BCUT2D eigenvalue weighted by Crippen LogP contribution is -2.33. The van der Waals surface area contributed by atoms with Crippen molar-refractivity contribution >= 4 is 17.7 Å². The zero-order valence-corrected chi connectivity index (χ0v) is 14.5. The third kappa shape index (κ3) is 5.39. The first-order valence-corrected chi connectivity index (χ1v) is 8.41. The van der Waals surface area contributed by atoms with Crippen molar-refractivity contribution in [1.82, 2.24) is 4.90 Å². The van der Waals surface area contributed by atoms with Gasteiger partial charge in [0.05, 0.1) is 0 Å². The third-order valence-electron chi connectivity index (χ3n) is 4.16. The Morgan fingerprint density at radius 2 is 1.92 bits per heavy atom. The molecule has 0 saturated carbocycles. The molecule has 0 aliphatic carbocycles. The summed E-state index contributed by atoms with van der Waals surface area (Å²) < 4.78 is 5.29. The van der Waals surface area contributed by atoms with Crippen molar-refractivity contribution in [2.75, 3.05) is 45.2 Å². The minimum Gasteiger partial charge on any atom is -0.460 e. The predicted octanol–water partition coefficient (Wildman–Crippen LogP) is 0.938. The van der Waals surface area contributed by atoms with Gasteiger partial charge in [-0.25, -0.2) is 4.79 Å². The highest BCUT2D eigenvalue weighted by Crippen LogP contribution is 2.15. The number of rotatable bonds is 6. The number of nitrogens with zero attached hydrogens (tertiary/aromatic N) is 2. The lowest BCUT2D eigenvalue weighted by atomic mass is 10.1. The van der Waals surface area contributed by atoms with Crippen molar-refractivity contribution in [3.63, 3.8) is 0 Å². The lowest BCUT2D eigenvalue weighted by molar-refractivity contribution is -0.139. The molecule has 0 spiro atoms. The molecule has 1 heterocycles. The standard InChI is InChI=1S/C19H25N3O2/c1-21(2)18-8-6-16(7-9-18)14-17(15-20)19(23)24-13-12-22-10-4-3-5-11-22/h6-9,14H,3-5,10-13H2,1-2H3/p+1/b17-14+. The van der Waals surface area contributed by atoms with Crippen LogP contribution in [0.25, 0.3) is 6.08 Å². The second-order valence-electron chi connectivity index (χ2n) is 6.21. The predicted molar refractivity (Wildman–Crippen MR) is 94.8 cm³/mol. The van der Waals surface area contributed by atoms with E-state index >= 15 is 0 Å². The average Bonchev–Trinajstić information content (AvgIpc) is 2.60. The van der Waals surface area contributed by atoms with Crippen LogP contribution < -0.4 is 10.2 Å². The van der Waals surface area contributed by atoms with Crippen molar-refractivity contribution in [3.05, 3.63) is 35.4 Å². The molecule has 1 saturated heterocycles. The zero-order chi connectivity index (χ0) is 17.4. The summed E-state index contributed by atoms with van der Waals surface area (Å²) in [7, 11) is 3.95. The largest absolute Gasteiger partial charge is 0.460 e. The van der Waals surface area contributed by atoms with Crippen LogP contribution in [-0.4, -0.2) is 51.2 Å². The lowest BCUT2D eigenvalue weighted by Gasteiger charge is -2.25. The normalized spacial score (nSPS) is 15.6. The van der Waals surface area contributed by atoms with E-state index in [9.17, 15) is 4.79 Å². The number of benzene rings is 1. The molecule has 0 aromatic heterocycles. The van der Waals surface area contributed by atoms with Crippen LogP contribution in [0.4, 0.5) is 5.69 Å². The molecular formula is C19H26N3O2+. The Hall–Kier alpha value is -2.32. The Balaban J connectivity index is 1.89. The highest BCUT2D eigenvalue weighted by Gasteiger charge is 2.15. The number of nitrogens with one attached hydrogen (secondary N) is 1. The molecule has 5 heteroatoms. The van der Waals surface area contributed by atoms with Gasteiger partial charge in [-0.05, 0) is 49.7 Å². The smallest absolute Gasteiger partial charge is 0.353 e. The fraction of sp³-hybridized carbons (Fsp3) is 0.474. The minimum atomic E-state index is -0.487. The van der Waals surface area contributed by atoms with E-state index in [1.54, 1.807) is 6.08 Å². The summed E-state index contributed by atoms with van der Waals surface area (Å²) in [4.78, 5) is 16.4. The Bertz CT molecular complexity index is 608. The van der Waals surface area contributed by atoms with E-state index in [2.05, 4.69) is 11.0 Å². The van der Waals surface area contributed by atoms with Crippen molar-refractivity contribution < 1.29 is 14.8 Å². The van der Waals surface area contributed by atoms with Crippen LogP contribution in [-0.2, 0) is 9.53 Å². The highest BCUT2D eigenvalue weighted by molar-refractivity contribution is 5.97. The SMILES string of the molecule is CN(C)c1ccc(/C=C(\C#[NH+])C(=O)OCCN2CCCCC2)cc1. The number of piperidine rings is 1. The first kappa shape index (κ1) is 18.0. The van der Waals surface area contributed by atoms with Crippen LogP contribution in [0.5, 0.6) is 0 Å². The number of anilines is 1. The monoisotopic (exact) mass is 328 g/mol. The summed E-state index contributed by atoms with van der Waals surface area (Å²) in [6, 6.07) is 9.94. The van der Waals surface area contributed by atoms with Crippen LogP contribution in [0.15, 0.2) is 29.8 Å². The van der Waals surface area contributed by atoms with Gasteiger partial charge in [-0.3, -0.25) is 4.90 Å². The maximum Gasteiger partial charge on any atom is 0.353 e. The first-order chi connectivity index (χ1) is 11.6. The van der Waals surface area contributed by atoms with E-state index in [1.165, 1.54) is 19.3 Å². The van der Waals surface area contributed by atoms with Crippen LogP contribution in [0, 0.1) is 6.07 Å². The minimum absolute atomic E-state index is 0.145. The number of hydrogen-bond donors (Lipinski definition) is 1. The van der Waals surface area contributed by atoms with Gasteiger partial charge in [0, 0.05) is 26.3 Å². The van der Waals surface area contributed by atoms with Crippen LogP contribution in [0.3, 0.4) is 0 Å². The quantitative estimate of drug-likeness (QED) is 0.480. The van der Waals surface area contributed by atoms with E-state index in [4.69, 9.17) is 10.00 Å². The van der Waals surface area contributed by atoms with Gasteiger partial charge in [0.2, 0.25) is 0 Å². The number of likely N-dealkylation sites (tertiary alicyclic amines) is 1. The van der Waals surface area contributed by atoms with Crippen LogP contribution >= 0.6 is 0 Å². The molecule has 24 heavy (non-hydrogen) atoms. The van der Waals surface area contributed by atoms with Gasteiger partial charge in [0.1, 0.15) is 6.61 Å². The summed E-state index contributed by atoms with van der Waals surface area (Å²) in [5.41, 5.74) is 2.08. The molecule has 5 nitrogen and oxygen atoms in total. The number of hydrogen-bond acceptors (Lipinski definition) is 4. The van der Waals surface area contributed by atoms with Crippen molar-refractivity contribution in [1.29, 1.82) is 0 Å². The summed E-state index contributed by atoms with van der Waals surface area (Å²) in [6.07, 6.45) is 5.36. The maximum absolute atomic E-state index is 12.1. The molecule has 0 unspecified atom stereocenters. The number of carbonyl (C=O) groups excluding carboxylic acids is 1. The topological polar surface area (TPSA) is 56.6 Å². The molecule has 1 fully saturated rings. The van der Waals surface area contributed by atoms with Gasteiger partial charge in [0.15, 0.2) is 5.57 Å². The van der Waals surface area contributed by atoms with Crippen molar-refractivity contribution in [2.24, 2.45) is 0 Å². The van der Waals surface area contributed by atoms with Crippen molar-refractivity contribution in [3.8, 4) is 6.07 Å². The first-order valence-electron chi connectivity index (χ1n) is 8.41. The molecule has 0 radical (unpaired) electrons. The van der Waals surface area contributed by atoms with E-state index in [0.717, 1.165) is 30.9 Å². The van der Waals surface area contributed by atoms with Crippen LogP contribution in [0.1, 0.15) is 24.8 Å². The zero-order valence-electron chi connectivity index (χ0n) is 14.5. The van der Waals surface area contributed by atoms with Gasteiger partial charge in [0.25, 0.3) is 0 Å². The Kier molecular flexibility index (Phi) is 6.83. The molecule has 0 atom stereocenters. The molecule has 1 aromatic carbocycles. The van der Waals surface area contributed by atoms with E-state index in [-0.39, 0.29) is 5.57 Å². The average molecular weight is 328 g/mol. The second-order valence-corrected chi connectivity index (χ2v) is 6.21. The summed E-state index contributed by atoms with van der Waals surface area (Å²) in [6.45, 7) is 3.27. The molecule has 0 amide bonds. The molecule has 1 aliphatic heterocycles. The Morgan fingerprint density at radius 1 is 1.25 bits per heavy atom. The molecule has 1 aliphatic rings. The molecular weight excluding hydrogens is 302 g/mol. The fourth-order valence-electron chi connectivity index (χ4n) is 2.71. The van der Waals surface area contributed by atoms with Crippen LogP contribution in [0.2, 0.25) is 0 Å². The molecule has 1 N–H and O–H groups in total. The van der Waals surface area contributed by atoms with E-state index in [0.29, 0.717) is 6.61 Å². The maximum atomic E-state index is 12.1. The van der Waals surface area contributed by atoms with Crippen molar-refractivity contribution in [2.45, 2.75) is 19.3 Å². The van der Waals surface area contributed by atoms with Gasteiger partial charge in [-0.1, -0.05) is 23.8 Å².